The maximum Gasteiger partial charge on any atom is 0.130 e. The normalized spacial score (nSPS) is 10.6. The molecule has 0 atom stereocenters. The fraction of sp³-hybridized carbons (Fsp3) is 0.273. The first-order valence-electron chi connectivity index (χ1n) is 4.78. The van der Waals surface area contributed by atoms with Gasteiger partial charge in [-0.05, 0) is 40.4 Å². The third kappa shape index (κ3) is 2.26. The molecular weight excluding hydrogens is 272 g/mol. The molecule has 15 heavy (non-hydrogen) atoms. The molecule has 0 fully saturated rings. The van der Waals surface area contributed by atoms with Crippen molar-refractivity contribution in [3.63, 3.8) is 0 Å². The fourth-order valence-corrected chi connectivity index (χ4v) is 2.54. The van der Waals surface area contributed by atoms with Crippen LogP contribution in [0.5, 0.6) is 0 Å². The van der Waals surface area contributed by atoms with Crippen LogP contribution in [0.3, 0.4) is 0 Å². The largest absolute Gasteiger partial charge is 0.233 e. The second-order valence-electron chi connectivity index (χ2n) is 3.24. The smallest absolute Gasteiger partial charge is 0.130 e. The van der Waals surface area contributed by atoms with E-state index in [-0.39, 0.29) is 0 Å². The third-order valence-electron chi connectivity index (χ3n) is 2.19. The van der Waals surface area contributed by atoms with Crippen molar-refractivity contribution in [3.8, 4) is 11.3 Å². The van der Waals surface area contributed by atoms with Gasteiger partial charge in [0.2, 0.25) is 0 Å². The van der Waals surface area contributed by atoms with E-state index >= 15 is 0 Å². The fourth-order valence-electron chi connectivity index (χ4n) is 1.41. The summed E-state index contributed by atoms with van der Waals surface area (Å²) < 4.78 is 0.856. The maximum absolute atomic E-state index is 4.52. The average molecular weight is 283 g/mol. The Morgan fingerprint density at radius 1 is 1.40 bits per heavy atom. The van der Waals surface area contributed by atoms with E-state index in [1.165, 1.54) is 10.4 Å². The van der Waals surface area contributed by atoms with Crippen LogP contribution in [0.15, 0.2) is 22.1 Å². The van der Waals surface area contributed by atoms with Crippen LogP contribution in [0.4, 0.5) is 0 Å². The number of nitrogens with zero attached hydrogens (tertiary/aromatic N) is 2. The number of halogens is 1. The van der Waals surface area contributed by atoms with E-state index in [0.29, 0.717) is 0 Å². The molecule has 4 heteroatoms. The zero-order valence-corrected chi connectivity index (χ0v) is 11.0. The molecule has 0 unspecified atom stereocenters. The molecule has 0 aliphatic carbocycles. The number of hydrogen-bond acceptors (Lipinski definition) is 3. The Morgan fingerprint density at radius 2 is 2.20 bits per heavy atom. The highest BCUT2D eigenvalue weighted by molar-refractivity contribution is 9.10. The number of hydrogen-bond donors (Lipinski definition) is 0. The van der Waals surface area contributed by atoms with E-state index in [1.807, 2.05) is 6.07 Å². The topological polar surface area (TPSA) is 25.8 Å². The van der Waals surface area contributed by atoms with Crippen molar-refractivity contribution < 1.29 is 0 Å². The van der Waals surface area contributed by atoms with Crippen LogP contribution in [0.25, 0.3) is 11.3 Å². The Balaban J connectivity index is 2.53. The lowest BCUT2D eigenvalue weighted by molar-refractivity contribution is 0.931. The van der Waals surface area contributed by atoms with Crippen LogP contribution in [0.2, 0.25) is 0 Å². The Hall–Kier alpha value is -0.740. The minimum absolute atomic E-state index is 0.856. The summed E-state index contributed by atoms with van der Waals surface area (Å²) in [6.45, 7) is 4.17. The van der Waals surface area contributed by atoms with Crippen molar-refractivity contribution in [2.45, 2.75) is 20.3 Å². The van der Waals surface area contributed by atoms with E-state index < -0.39 is 0 Å². The number of thiophene rings is 1. The van der Waals surface area contributed by atoms with Gasteiger partial charge in [-0.1, -0.05) is 6.92 Å². The number of aryl methyl sites for hydroxylation is 2. The molecule has 0 N–H and O–H groups in total. The summed E-state index contributed by atoms with van der Waals surface area (Å²) in [6.07, 6.45) is 0.857. The summed E-state index contributed by atoms with van der Waals surface area (Å²) in [6, 6.07) is 4.07. The second kappa shape index (κ2) is 4.41. The van der Waals surface area contributed by atoms with Gasteiger partial charge in [0.1, 0.15) is 10.4 Å². The molecule has 0 spiro atoms. The van der Waals surface area contributed by atoms with Gasteiger partial charge in [-0.3, -0.25) is 0 Å². The van der Waals surface area contributed by atoms with Crippen LogP contribution in [-0.2, 0) is 6.42 Å². The lowest BCUT2D eigenvalue weighted by Gasteiger charge is -2.03. The highest BCUT2D eigenvalue weighted by Crippen LogP contribution is 2.27. The molecule has 2 aromatic rings. The van der Waals surface area contributed by atoms with Crippen molar-refractivity contribution >= 4 is 27.3 Å². The molecule has 0 saturated carbocycles. The first-order chi connectivity index (χ1) is 7.20. The molecule has 0 saturated heterocycles. The predicted molar refractivity (Wildman–Crippen MR) is 67.2 cm³/mol. The van der Waals surface area contributed by atoms with Crippen molar-refractivity contribution in [2.75, 3.05) is 0 Å². The molecule has 2 heterocycles. The number of aromatic nitrogens is 2. The molecule has 2 aromatic heterocycles. The Bertz CT molecular complexity index is 479. The van der Waals surface area contributed by atoms with E-state index in [2.05, 4.69) is 51.2 Å². The molecular formula is C11H11BrN2S. The Morgan fingerprint density at radius 3 is 2.80 bits per heavy atom. The van der Waals surface area contributed by atoms with E-state index in [4.69, 9.17) is 0 Å². The lowest BCUT2D eigenvalue weighted by atomic mass is 10.2. The molecule has 2 nitrogen and oxygen atoms in total. The third-order valence-corrected chi connectivity index (χ3v) is 3.44. The molecule has 2 rings (SSSR count). The predicted octanol–water partition coefficient (Wildman–Crippen LogP) is 3.84. The molecule has 0 radical (unpaired) electrons. The van der Waals surface area contributed by atoms with Crippen LogP contribution in [-0.4, -0.2) is 9.97 Å². The standard InChI is InChI=1S/C11H11BrN2S/c1-3-11-13-9(6-10(12)14-11)8-4-5-15-7(8)2/h4-6H,3H2,1-2H3. The van der Waals surface area contributed by atoms with E-state index in [9.17, 15) is 0 Å². The van der Waals surface area contributed by atoms with Crippen molar-refractivity contribution in [1.29, 1.82) is 0 Å². The quantitative estimate of drug-likeness (QED) is 0.783. The van der Waals surface area contributed by atoms with Gasteiger partial charge in [0.25, 0.3) is 0 Å². The van der Waals surface area contributed by atoms with Gasteiger partial charge in [-0.25, -0.2) is 9.97 Å². The van der Waals surface area contributed by atoms with Crippen LogP contribution in [0.1, 0.15) is 17.6 Å². The number of rotatable bonds is 2. The van der Waals surface area contributed by atoms with E-state index in [0.717, 1.165) is 22.5 Å². The molecule has 0 bridgehead atoms. The monoisotopic (exact) mass is 282 g/mol. The molecule has 0 aliphatic rings. The first-order valence-corrected chi connectivity index (χ1v) is 6.46. The zero-order valence-electron chi connectivity index (χ0n) is 8.62. The minimum Gasteiger partial charge on any atom is -0.233 e. The van der Waals surface area contributed by atoms with Gasteiger partial charge in [-0.2, -0.15) is 0 Å². The molecule has 0 aliphatic heterocycles. The average Bonchev–Trinajstić information content (AvgIpc) is 2.63. The Kier molecular flexibility index (Phi) is 3.17. The molecule has 78 valence electrons. The summed E-state index contributed by atoms with van der Waals surface area (Å²) in [5.74, 6) is 0.880. The van der Waals surface area contributed by atoms with Crippen LogP contribution >= 0.6 is 27.3 Å². The summed E-state index contributed by atoms with van der Waals surface area (Å²) in [7, 11) is 0. The van der Waals surface area contributed by atoms with Crippen LogP contribution in [0, 0.1) is 6.92 Å². The van der Waals surface area contributed by atoms with Gasteiger partial charge < -0.3 is 0 Å². The highest BCUT2D eigenvalue weighted by atomic mass is 79.9. The van der Waals surface area contributed by atoms with Gasteiger partial charge in [-0.15, -0.1) is 11.3 Å². The molecule has 0 amide bonds. The highest BCUT2D eigenvalue weighted by Gasteiger charge is 2.07. The summed E-state index contributed by atoms with van der Waals surface area (Å²) in [5, 5.41) is 2.09. The lowest BCUT2D eigenvalue weighted by Crippen LogP contribution is -1.95. The maximum atomic E-state index is 4.52. The van der Waals surface area contributed by atoms with Gasteiger partial charge in [0.15, 0.2) is 0 Å². The Labute approximate surface area is 102 Å². The van der Waals surface area contributed by atoms with Crippen LogP contribution < -0.4 is 0 Å². The van der Waals surface area contributed by atoms with Crippen molar-refractivity contribution in [2.24, 2.45) is 0 Å². The SMILES string of the molecule is CCc1nc(Br)cc(-c2ccsc2C)n1. The zero-order chi connectivity index (χ0) is 10.8. The van der Waals surface area contributed by atoms with Gasteiger partial charge in [0.05, 0.1) is 5.69 Å². The van der Waals surface area contributed by atoms with Crippen molar-refractivity contribution in [1.82, 2.24) is 9.97 Å². The summed E-state index contributed by atoms with van der Waals surface area (Å²) >= 11 is 5.16. The van der Waals surface area contributed by atoms with Gasteiger partial charge in [0, 0.05) is 16.9 Å². The summed E-state index contributed by atoms with van der Waals surface area (Å²) in [4.78, 5) is 10.1. The van der Waals surface area contributed by atoms with Crippen molar-refractivity contribution in [3.05, 3.63) is 32.8 Å². The molecule has 0 aromatic carbocycles. The second-order valence-corrected chi connectivity index (χ2v) is 5.17. The first kappa shape index (κ1) is 10.8. The van der Waals surface area contributed by atoms with Gasteiger partial charge >= 0.3 is 0 Å². The van der Waals surface area contributed by atoms with E-state index in [1.54, 1.807) is 11.3 Å². The summed E-state index contributed by atoms with van der Waals surface area (Å²) in [5.41, 5.74) is 2.21. The minimum atomic E-state index is 0.856.